The monoisotopic (exact) mass is 604 g/mol. The van der Waals surface area contributed by atoms with Crippen LogP contribution in [0, 0.1) is 0 Å². The lowest BCUT2D eigenvalue weighted by Crippen LogP contribution is -1.97. The zero-order valence-corrected chi connectivity index (χ0v) is 25.8. The predicted molar refractivity (Wildman–Crippen MR) is 196 cm³/mol. The highest BCUT2D eigenvalue weighted by atomic mass is 32.1. The average Bonchev–Trinajstić information content (AvgIpc) is 3.71. The Morgan fingerprint density at radius 3 is 1.70 bits per heavy atom. The molecule has 0 saturated heterocycles. The first-order valence-electron chi connectivity index (χ1n) is 15.5. The highest BCUT2D eigenvalue weighted by Crippen LogP contribution is 2.42. The number of nitrogens with zero attached hydrogens (tertiary/aromatic N) is 2. The molecule has 46 heavy (non-hydrogen) atoms. The third-order valence-corrected chi connectivity index (χ3v) is 10.1. The molecule has 0 saturated carbocycles. The Morgan fingerprint density at radius 2 is 1.00 bits per heavy atom. The zero-order valence-electron chi connectivity index (χ0n) is 25.0. The minimum Gasteiger partial charge on any atom is -0.292 e. The van der Waals surface area contributed by atoms with E-state index in [1.807, 2.05) is 11.3 Å². The highest BCUT2D eigenvalue weighted by molar-refractivity contribution is 7.26. The minimum absolute atomic E-state index is 0.961. The van der Waals surface area contributed by atoms with Gasteiger partial charge < -0.3 is 0 Å². The van der Waals surface area contributed by atoms with Crippen LogP contribution in [0.1, 0.15) is 0 Å². The fourth-order valence-electron chi connectivity index (χ4n) is 6.54. The number of thiophene rings is 1. The first-order valence-corrected chi connectivity index (χ1v) is 16.4. The van der Waals surface area contributed by atoms with Crippen LogP contribution in [0.4, 0.5) is 0 Å². The highest BCUT2D eigenvalue weighted by Gasteiger charge is 2.19. The second-order valence-corrected chi connectivity index (χ2v) is 12.7. The summed E-state index contributed by atoms with van der Waals surface area (Å²) >= 11 is 1.85. The van der Waals surface area contributed by atoms with E-state index in [4.69, 9.17) is 4.98 Å². The van der Waals surface area contributed by atoms with E-state index in [1.165, 1.54) is 53.6 Å². The van der Waals surface area contributed by atoms with Crippen molar-refractivity contribution >= 4 is 42.5 Å². The van der Waals surface area contributed by atoms with Crippen LogP contribution in [0.15, 0.2) is 170 Å². The molecule has 0 aliphatic heterocycles. The van der Waals surface area contributed by atoms with Crippen molar-refractivity contribution in [2.75, 3.05) is 0 Å². The molecule has 2 aromatic heterocycles. The van der Waals surface area contributed by atoms with E-state index in [-0.39, 0.29) is 0 Å². The smallest absolute Gasteiger partial charge is 0.147 e. The second kappa shape index (κ2) is 11.0. The molecule has 0 spiro atoms. The maximum absolute atomic E-state index is 5.23. The van der Waals surface area contributed by atoms with Crippen LogP contribution in [0.3, 0.4) is 0 Å². The van der Waals surface area contributed by atoms with Gasteiger partial charge in [-0.05, 0) is 75.8 Å². The van der Waals surface area contributed by atoms with E-state index in [9.17, 15) is 0 Å². The summed E-state index contributed by atoms with van der Waals surface area (Å²) in [6, 6.07) is 60.7. The topological polar surface area (TPSA) is 17.8 Å². The molecule has 216 valence electrons. The van der Waals surface area contributed by atoms with Gasteiger partial charge in [0, 0.05) is 31.4 Å². The molecule has 0 amide bonds. The molecule has 9 aromatic rings. The van der Waals surface area contributed by atoms with Gasteiger partial charge in [-0.25, -0.2) is 4.98 Å². The molecular weight excluding hydrogens is 577 g/mol. The molecule has 9 rings (SSSR count). The standard InChI is InChI=1S/C43H28N2S/c1-3-10-29(11-4-1)31-18-20-33(21-19-31)34-24-27-41-38(28-34)36-14-9-15-37(42(36)46-41)43-44-39-16-7-8-17-40(39)45(43)35-25-22-32(23-26-35)30-12-5-2-6-13-30/h1-28H. The van der Waals surface area contributed by atoms with E-state index in [0.717, 1.165) is 28.1 Å². The van der Waals surface area contributed by atoms with Gasteiger partial charge in [-0.3, -0.25) is 4.57 Å². The minimum atomic E-state index is 0.961. The van der Waals surface area contributed by atoms with Crippen LogP contribution < -0.4 is 0 Å². The number of aromatic nitrogens is 2. The van der Waals surface area contributed by atoms with Crippen molar-refractivity contribution in [2.45, 2.75) is 0 Å². The molecule has 0 aliphatic rings. The molecule has 0 unspecified atom stereocenters. The van der Waals surface area contributed by atoms with Gasteiger partial charge in [0.1, 0.15) is 5.82 Å². The second-order valence-electron chi connectivity index (χ2n) is 11.6. The quantitative estimate of drug-likeness (QED) is 0.191. The largest absolute Gasteiger partial charge is 0.292 e. The predicted octanol–water partition coefficient (Wildman–Crippen LogP) is 12.1. The number of hydrogen-bond acceptors (Lipinski definition) is 2. The molecule has 7 aromatic carbocycles. The summed E-state index contributed by atoms with van der Waals surface area (Å²) < 4.78 is 4.84. The lowest BCUT2D eigenvalue weighted by atomic mass is 9.99. The maximum Gasteiger partial charge on any atom is 0.147 e. The third kappa shape index (κ3) is 4.52. The Kier molecular flexibility index (Phi) is 6.36. The number of rotatable bonds is 5. The van der Waals surface area contributed by atoms with E-state index in [1.54, 1.807) is 0 Å². The Bertz CT molecular complexity index is 2490. The molecule has 0 radical (unpaired) electrons. The fourth-order valence-corrected chi connectivity index (χ4v) is 7.73. The Balaban J connectivity index is 1.16. The summed E-state index contributed by atoms with van der Waals surface area (Å²) in [5.41, 5.74) is 11.7. The number of benzene rings is 7. The normalized spacial score (nSPS) is 11.5. The lowest BCUT2D eigenvalue weighted by molar-refractivity contribution is 1.11. The van der Waals surface area contributed by atoms with Crippen molar-refractivity contribution in [1.29, 1.82) is 0 Å². The molecule has 0 fully saturated rings. The van der Waals surface area contributed by atoms with Crippen LogP contribution in [0.25, 0.3) is 81.7 Å². The van der Waals surface area contributed by atoms with Crippen LogP contribution in [-0.2, 0) is 0 Å². The van der Waals surface area contributed by atoms with Gasteiger partial charge in [-0.15, -0.1) is 11.3 Å². The molecule has 0 N–H and O–H groups in total. The van der Waals surface area contributed by atoms with Crippen molar-refractivity contribution in [3.8, 4) is 50.5 Å². The first kappa shape index (κ1) is 26.6. The van der Waals surface area contributed by atoms with E-state index in [2.05, 4.69) is 174 Å². The van der Waals surface area contributed by atoms with Crippen LogP contribution in [0.2, 0.25) is 0 Å². The Hall–Kier alpha value is -5.77. The van der Waals surface area contributed by atoms with Gasteiger partial charge in [0.25, 0.3) is 0 Å². The van der Waals surface area contributed by atoms with Gasteiger partial charge in [-0.2, -0.15) is 0 Å². The Morgan fingerprint density at radius 1 is 0.435 bits per heavy atom. The number of imidazole rings is 1. The lowest BCUT2D eigenvalue weighted by Gasteiger charge is -2.11. The van der Waals surface area contributed by atoms with E-state index >= 15 is 0 Å². The van der Waals surface area contributed by atoms with Gasteiger partial charge in [-0.1, -0.05) is 127 Å². The average molecular weight is 605 g/mol. The van der Waals surface area contributed by atoms with Crippen molar-refractivity contribution in [1.82, 2.24) is 9.55 Å². The number of para-hydroxylation sites is 2. The SMILES string of the molecule is c1ccc(-c2ccc(-c3ccc4sc5c(-c6nc7ccccc7n6-c6ccc(-c7ccccc7)cc6)cccc5c4c3)cc2)cc1. The van der Waals surface area contributed by atoms with Crippen LogP contribution in [-0.4, -0.2) is 9.55 Å². The zero-order chi connectivity index (χ0) is 30.5. The molecule has 3 heteroatoms. The summed E-state index contributed by atoms with van der Waals surface area (Å²) in [7, 11) is 0. The van der Waals surface area contributed by atoms with E-state index < -0.39 is 0 Å². The van der Waals surface area contributed by atoms with Crippen molar-refractivity contribution in [3.05, 3.63) is 170 Å². The molecule has 2 heterocycles. The van der Waals surface area contributed by atoms with Gasteiger partial charge in [0.2, 0.25) is 0 Å². The number of fused-ring (bicyclic) bond motifs is 4. The van der Waals surface area contributed by atoms with Crippen molar-refractivity contribution in [3.63, 3.8) is 0 Å². The first-order chi connectivity index (χ1) is 22.8. The summed E-state index contributed by atoms with van der Waals surface area (Å²) in [6.07, 6.45) is 0. The number of hydrogen-bond donors (Lipinski definition) is 0. The van der Waals surface area contributed by atoms with Crippen molar-refractivity contribution < 1.29 is 0 Å². The van der Waals surface area contributed by atoms with Crippen LogP contribution >= 0.6 is 11.3 Å². The molecule has 0 atom stereocenters. The summed E-state index contributed by atoms with van der Waals surface area (Å²) in [5.74, 6) is 0.961. The molecule has 0 aliphatic carbocycles. The third-order valence-electron chi connectivity index (χ3n) is 8.86. The molecule has 2 nitrogen and oxygen atoms in total. The summed E-state index contributed by atoms with van der Waals surface area (Å²) in [4.78, 5) is 5.23. The van der Waals surface area contributed by atoms with Crippen LogP contribution in [0.5, 0.6) is 0 Å². The van der Waals surface area contributed by atoms with Gasteiger partial charge in [0.15, 0.2) is 0 Å². The van der Waals surface area contributed by atoms with Gasteiger partial charge in [0.05, 0.1) is 11.0 Å². The summed E-state index contributed by atoms with van der Waals surface area (Å²) in [6.45, 7) is 0. The summed E-state index contributed by atoms with van der Waals surface area (Å²) in [5, 5.41) is 2.54. The van der Waals surface area contributed by atoms with Gasteiger partial charge >= 0.3 is 0 Å². The van der Waals surface area contributed by atoms with E-state index in [0.29, 0.717) is 0 Å². The molecular formula is C43H28N2S. The fraction of sp³-hybridized carbons (Fsp3) is 0. The maximum atomic E-state index is 5.23. The Labute approximate surface area is 271 Å². The molecule has 0 bridgehead atoms. The van der Waals surface area contributed by atoms with Crippen molar-refractivity contribution in [2.24, 2.45) is 0 Å².